The Bertz CT molecular complexity index is 1230. The maximum atomic E-state index is 13.3. The smallest absolute Gasteiger partial charge is 0.243 e. The highest BCUT2D eigenvalue weighted by atomic mass is 35.5. The van der Waals surface area contributed by atoms with Crippen LogP contribution in [0.3, 0.4) is 0 Å². The predicted octanol–water partition coefficient (Wildman–Crippen LogP) is 2.20. The van der Waals surface area contributed by atoms with Crippen LogP contribution in [0, 0.1) is 0 Å². The molecule has 9 nitrogen and oxygen atoms in total. The Labute approximate surface area is 191 Å². The number of benzene rings is 2. The average molecular weight is 478 g/mol. The minimum absolute atomic E-state index is 0.0957. The molecular weight excluding hydrogens is 454 g/mol. The fourth-order valence-electron chi connectivity index (χ4n) is 3.83. The first-order chi connectivity index (χ1) is 15.4. The number of carbonyl (C=O) groups excluding carboxylic acids is 1. The second kappa shape index (κ2) is 9.53. The van der Waals surface area contributed by atoms with E-state index in [1.54, 1.807) is 36.1 Å². The second-order valence-corrected chi connectivity index (χ2v) is 9.90. The summed E-state index contributed by atoms with van der Waals surface area (Å²) in [5.74, 6) is -0.322. The van der Waals surface area contributed by atoms with Crippen LogP contribution in [-0.2, 0) is 32.6 Å². The molecule has 32 heavy (non-hydrogen) atoms. The van der Waals surface area contributed by atoms with Crippen LogP contribution >= 0.6 is 11.6 Å². The molecule has 1 saturated heterocycles. The van der Waals surface area contributed by atoms with Crippen LogP contribution in [0.15, 0.2) is 47.4 Å². The summed E-state index contributed by atoms with van der Waals surface area (Å²) in [4.78, 5) is 12.9. The van der Waals surface area contributed by atoms with Gasteiger partial charge in [0.25, 0.3) is 0 Å². The quantitative estimate of drug-likeness (QED) is 0.533. The highest BCUT2D eigenvalue weighted by Gasteiger charge is 2.39. The van der Waals surface area contributed by atoms with Crippen LogP contribution in [0.2, 0.25) is 5.02 Å². The Morgan fingerprint density at radius 3 is 2.91 bits per heavy atom. The normalized spacial score (nSPS) is 17.1. The van der Waals surface area contributed by atoms with Crippen LogP contribution < -0.4 is 5.32 Å². The van der Waals surface area contributed by atoms with Crippen molar-refractivity contribution in [2.75, 3.05) is 20.3 Å². The number of amides is 1. The first-order valence-electron chi connectivity index (χ1n) is 10.3. The van der Waals surface area contributed by atoms with Gasteiger partial charge in [0.2, 0.25) is 15.9 Å². The van der Waals surface area contributed by atoms with E-state index in [0.717, 1.165) is 11.1 Å². The van der Waals surface area contributed by atoms with Gasteiger partial charge in [-0.3, -0.25) is 4.79 Å². The van der Waals surface area contributed by atoms with E-state index >= 15 is 0 Å². The number of fused-ring (bicyclic) bond motifs is 1. The molecule has 0 bridgehead atoms. The molecule has 1 aliphatic rings. The van der Waals surface area contributed by atoms with E-state index in [2.05, 4.69) is 15.6 Å². The van der Waals surface area contributed by atoms with Crippen LogP contribution in [0.4, 0.5) is 0 Å². The van der Waals surface area contributed by atoms with Gasteiger partial charge in [-0.05, 0) is 48.7 Å². The zero-order valence-electron chi connectivity index (χ0n) is 17.6. The molecule has 1 N–H and O–H groups in total. The Morgan fingerprint density at radius 1 is 1.28 bits per heavy atom. The number of hydrogen-bond donors (Lipinski definition) is 1. The average Bonchev–Trinajstić information content (AvgIpc) is 3.43. The van der Waals surface area contributed by atoms with Gasteiger partial charge in [-0.25, -0.2) is 13.1 Å². The van der Waals surface area contributed by atoms with Crippen LogP contribution in [-0.4, -0.2) is 59.9 Å². The van der Waals surface area contributed by atoms with Crippen molar-refractivity contribution in [3.63, 3.8) is 0 Å². The van der Waals surface area contributed by atoms with Gasteiger partial charge in [-0.1, -0.05) is 28.9 Å². The summed E-state index contributed by atoms with van der Waals surface area (Å²) in [6, 6.07) is 11.1. The van der Waals surface area contributed by atoms with Gasteiger partial charge in [0.05, 0.1) is 23.6 Å². The summed E-state index contributed by atoms with van der Waals surface area (Å²) in [6.45, 7) is 1.55. The summed E-state index contributed by atoms with van der Waals surface area (Å²) in [5.41, 5.74) is 2.04. The number of nitrogens with zero attached hydrogens (tertiary/aromatic N) is 4. The minimum atomic E-state index is -3.87. The van der Waals surface area contributed by atoms with Crippen LogP contribution in [0.25, 0.3) is 11.0 Å². The summed E-state index contributed by atoms with van der Waals surface area (Å²) >= 11 is 5.99. The van der Waals surface area contributed by atoms with Crippen molar-refractivity contribution in [2.45, 2.75) is 36.9 Å². The van der Waals surface area contributed by atoms with Gasteiger partial charge in [0.15, 0.2) is 0 Å². The van der Waals surface area contributed by atoms with Gasteiger partial charge in [0, 0.05) is 25.2 Å². The lowest BCUT2D eigenvalue weighted by molar-refractivity contribution is -0.124. The van der Waals surface area contributed by atoms with Gasteiger partial charge < -0.3 is 10.1 Å². The molecule has 1 amide bonds. The molecule has 1 aromatic heterocycles. The molecular formula is C21H24ClN5O4S. The molecule has 0 saturated carbocycles. The first kappa shape index (κ1) is 22.7. The molecule has 1 atom stereocenters. The Balaban J connectivity index is 1.51. The third kappa shape index (κ3) is 4.63. The third-order valence-corrected chi connectivity index (χ3v) is 7.60. The van der Waals surface area contributed by atoms with Crippen molar-refractivity contribution in [1.29, 1.82) is 0 Å². The van der Waals surface area contributed by atoms with Crippen molar-refractivity contribution in [1.82, 2.24) is 24.6 Å². The Kier molecular flexibility index (Phi) is 6.75. The fraction of sp³-hybridized carbons (Fsp3) is 0.381. The molecule has 0 spiro atoms. The molecule has 0 aliphatic carbocycles. The Morgan fingerprint density at radius 2 is 2.12 bits per heavy atom. The van der Waals surface area contributed by atoms with E-state index < -0.39 is 16.1 Å². The van der Waals surface area contributed by atoms with E-state index in [1.807, 2.05) is 6.07 Å². The molecule has 170 valence electrons. The largest absolute Gasteiger partial charge is 0.383 e. The van der Waals surface area contributed by atoms with Gasteiger partial charge in [0.1, 0.15) is 11.6 Å². The standard InChI is InChI=1S/C21H24ClN5O4S/c1-31-11-10-26-19-8-7-17(13-18(19)24-25-26)32(29,30)27-9-3-6-20(27)21(28)23-14-15-4-2-5-16(22)12-15/h2,4-5,7-8,12-13,20H,3,6,9-11,14H2,1H3,(H,23,28). The van der Waals surface area contributed by atoms with Gasteiger partial charge >= 0.3 is 0 Å². The fourth-order valence-corrected chi connectivity index (χ4v) is 5.72. The predicted molar refractivity (Wildman–Crippen MR) is 120 cm³/mol. The molecule has 3 aromatic rings. The molecule has 11 heteroatoms. The number of methoxy groups -OCH3 is 1. The van der Waals surface area contributed by atoms with Crippen LogP contribution in [0.5, 0.6) is 0 Å². The number of halogens is 1. The molecule has 1 fully saturated rings. The monoisotopic (exact) mass is 477 g/mol. The first-order valence-corrected chi connectivity index (χ1v) is 12.1. The maximum Gasteiger partial charge on any atom is 0.243 e. The molecule has 2 heterocycles. The van der Waals surface area contributed by atoms with Crippen LogP contribution in [0.1, 0.15) is 18.4 Å². The number of rotatable bonds is 8. The van der Waals surface area contributed by atoms with E-state index in [0.29, 0.717) is 36.5 Å². The van der Waals surface area contributed by atoms with Crippen molar-refractivity contribution < 1.29 is 17.9 Å². The summed E-state index contributed by atoms with van der Waals surface area (Å²) < 4.78 is 34.7. The zero-order valence-corrected chi connectivity index (χ0v) is 19.1. The lowest BCUT2D eigenvalue weighted by atomic mass is 10.2. The van der Waals surface area contributed by atoms with Gasteiger partial charge in [-0.2, -0.15) is 4.31 Å². The number of aromatic nitrogens is 3. The Hall–Kier alpha value is -2.53. The molecule has 4 rings (SSSR count). The molecule has 1 unspecified atom stereocenters. The summed E-state index contributed by atoms with van der Waals surface area (Å²) in [6.07, 6.45) is 1.08. The minimum Gasteiger partial charge on any atom is -0.383 e. The number of ether oxygens (including phenoxy) is 1. The molecule has 0 radical (unpaired) electrons. The summed E-state index contributed by atoms with van der Waals surface area (Å²) in [5, 5.41) is 11.6. The highest BCUT2D eigenvalue weighted by Crippen LogP contribution is 2.28. The lowest BCUT2D eigenvalue weighted by Crippen LogP contribution is -2.45. The van der Waals surface area contributed by atoms with E-state index in [-0.39, 0.29) is 23.9 Å². The number of sulfonamides is 1. The lowest BCUT2D eigenvalue weighted by Gasteiger charge is -2.23. The summed E-state index contributed by atoms with van der Waals surface area (Å²) in [7, 11) is -2.27. The van der Waals surface area contributed by atoms with Crippen molar-refractivity contribution in [3.05, 3.63) is 53.1 Å². The third-order valence-electron chi connectivity index (χ3n) is 5.46. The molecule has 1 aliphatic heterocycles. The van der Waals surface area contributed by atoms with E-state index in [9.17, 15) is 13.2 Å². The van der Waals surface area contributed by atoms with Gasteiger partial charge in [-0.15, -0.1) is 5.10 Å². The van der Waals surface area contributed by atoms with Crippen molar-refractivity contribution in [3.8, 4) is 0 Å². The zero-order chi connectivity index (χ0) is 22.7. The van der Waals surface area contributed by atoms with E-state index in [1.165, 1.54) is 16.4 Å². The highest BCUT2D eigenvalue weighted by molar-refractivity contribution is 7.89. The topological polar surface area (TPSA) is 106 Å². The number of nitrogens with one attached hydrogen (secondary N) is 1. The number of carbonyl (C=O) groups is 1. The number of hydrogen-bond acceptors (Lipinski definition) is 6. The SMILES string of the molecule is COCCn1nnc2cc(S(=O)(=O)N3CCCC3C(=O)NCc3cccc(Cl)c3)ccc21. The second-order valence-electron chi connectivity index (χ2n) is 7.58. The van der Waals surface area contributed by atoms with Crippen molar-refractivity contribution >= 4 is 38.6 Å². The molecule has 2 aromatic carbocycles. The maximum absolute atomic E-state index is 13.3. The van der Waals surface area contributed by atoms with E-state index in [4.69, 9.17) is 16.3 Å². The van der Waals surface area contributed by atoms with Crippen molar-refractivity contribution in [2.24, 2.45) is 0 Å².